The Labute approximate surface area is 136 Å². The molecule has 0 radical (unpaired) electrons. The molecule has 0 aromatic carbocycles. The number of hydrogen-bond donors (Lipinski definition) is 0. The van der Waals surface area contributed by atoms with Gasteiger partial charge in [0.25, 0.3) is 5.91 Å². The van der Waals surface area contributed by atoms with Gasteiger partial charge >= 0.3 is 0 Å². The van der Waals surface area contributed by atoms with Crippen LogP contribution in [0.3, 0.4) is 0 Å². The zero-order chi connectivity index (χ0) is 16.6. The van der Waals surface area contributed by atoms with E-state index in [2.05, 4.69) is 5.10 Å². The first kappa shape index (κ1) is 16.0. The van der Waals surface area contributed by atoms with Crippen LogP contribution in [0.25, 0.3) is 0 Å². The predicted octanol–water partition coefficient (Wildman–Crippen LogP) is 0.531. The molecule has 2 aliphatic heterocycles. The molecule has 1 aromatic rings. The maximum atomic E-state index is 12.8. The van der Waals surface area contributed by atoms with Crippen molar-refractivity contribution in [3.63, 3.8) is 0 Å². The number of hydrogen-bond acceptors (Lipinski definition) is 4. The van der Waals surface area contributed by atoms with Crippen molar-refractivity contribution in [2.24, 2.45) is 5.92 Å². The average molecular weight is 320 g/mol. The second kappa shape index (κ2) is 6.31. The fourth-order valence-electron chi connectivity index (χ4n) is 3.48. The summed E-state index contributed by atoms with van der Waals surface area (Å²) in [5.41, 5.74) is 1.58. The molecule has 0 N–H and O–H groups in total. The molecule has 0 bridgehead atoms. The van der Waals surface area contributed by atoms with Crippen molar-refractivity contribution in [1.29, 1.82) is 0 Å². The Morgan fingerprint density at radius 2 is 2.22 bits per heavy atom. The molecule has 0 saturated carbocycles. The fourth-order valence-corrected chi connectivity index (χ4v) is 3.48. The molecule has 3 heterocycles. The van der Waals surface area contributed by atoms with Gasteiger partial charge < -0.3 is 14.5 Å². The summed E-state index contributed by atoms with van der Waals surface area (Å²) in [6.45, 7) is 6.76. The van der Waals surface area contributed by atoms with Crippen molar-refractivity contribution in [3.05, 3.63) is 17.5 Å². The summed E-state index contributed by atoms with van der Waals surface area (Å²) in [6, 6.07) is 0. The minimum atomic E-state index is 0.0114. The van der Waals surface area contributed by atoms with Crippen LogP contribution in [0.2, 0.25) is 0 Å². The molecule has 23 heavy (non-hydrogen) atoms. The van der Waals surface area contributed by atoms with Gasteiger partial charge in [0.05, 0.1) is 17.9 Å². The van der Waals surface area contributed by atoms with E-state index in [1.54, 1.807) is 18.1 Å². The van der Waals surface area contributed by atoms with Gasteiger partial charge in [0.2, 0.25) is 5.91 Å². The van der Waals surface area contributed by atoms with Crippen LogP contribution >= 0.6 is 0 Å². The quantitative estimate of drug-likeness (QED) is 0.797. The molecule has 0 unspecified atom stereocenters. The Kier molecular flexibility index (Phi) is 4.39. The zero-order valence-electron chi connectivity index (χ0n) is 14.0. The number of aryl methyl sites for hydroxylation is 1. The number of rotatable bonds is 2. The van der Waals surface area contributed by atoms with Crippen LogP contribution in [-0.4, -0.2) is 70.8 Å². The van der Waals surface area contributed by atoms with Crippen LogP contribution in [0.4, 0.5) is 0 Å². The smallest absolute Gasteiger partial charge is 0.257 e. The second-order valence-corrected chi connectivity index (χ2v) is 6.38. The fraction of sp³-hybridized carbons (Fsp3) is 0.688. The highest BCUT2D eigenvalue weighted by Crippen LogP contribution is 2.25. The minimum Gasteiger partial charge on any atom is -0.368 e. The number of carbonyl (C=O) groups excluding carboxylic acids is 2. The van der Waals surface area contributed by atoms with E-state index in [0.29, 0.717) is 25.2 Å². The van der Waals surface area contributed by atoms with Gasteiger partial charge in [-0.2, -0.15) is 5.10 Å². The molecule has 2 saturated heterocycles. The molecular formula is C16H24N4O3. The Bertz CT molecular complexity index is 612. The molecule has 1 aromatic heterocycles. The first-order valence-corrected chi connectivity index (χ1v) is 8.18. The van der Waals surface area contributed by atoms with E-state index in [9.17, 15) is 9.59 Å². The van der Waals surface area contributed by atoms with Gasteiger partial charge in [-0.1, -0.05) is 0 Å². The van der Waals surface area contributed by atoms with Gasteiger partial charge in [0.15, 0.2) is 0 Å². The monoisotopic (exact) mass is 320 g/mol. The number of amides is 2. The topological polar surface area (TPSA) is 67.7 Å². The summed E-state index contributed by atoms with van der Waals surface area (Å²) in [5, 5.41) is 4.26. The van der Waals surface area contributed by atoms with Crippen molar-refractivity contribution in [2.75, 3.05) is 33.3 Å². The first-order chi connectivity index (χ1) is 11.0. The van der Waals surface area contributed by atoms with Gasteiger partial charge in [-0.3, -0.25) is 14.3 Å². The summed E-state index contributed by atoms with van der Waals surface area (Å²) in [6.07, 6.45) is 2.50. The third kappa shape index (κ3) is 2.97. The van der Waals surface area contributed by atoms with E-state index in [1.807, 2.05) is 23.4 Å². The largest absolute Gasteiger partial charge is 0.368 e. The number of carbonyl (C=O) groups is 2. The lowest BCUT2D eigenvalue weighted by atomic mass is 9.93. The Morgan fingerprint density at radius 3 is 2.91 bits per heavy atom. The van der Waals surface area contributed by atoms with Crippen LogP contribution in [0.1, 0.15) is 29.4 Å². The average Bonchev–Trinajstić information content (AvgIpc) is 2.86. The molecule has 7 heteroatoms. The second-order valence-electron chi connectivity index (χ2n) is 6.38. The molecule has 2 atom stereocenters. The first-order valence-electron chi connectivity index (χ1n) is 8.18. The van der Waals surface area contributed by atoms with E-state index in [1.165, 1.54) is 0 Å². The van der Waals surface area contributed by atoms with Gasteiger partial charge in [-0.15, -0.1) is 0 Å². The lowest BCUT2D eigenvalue weighted by Crippen LogP contribution is -2.48. The maximum absolute atomic E-state index is 12.8. The van der Waals surface area contributed by atoms with E-state index in [-0.39, 0.29) is 30.4 Å². The summed E-state index contributed by atoms with van der Waals surface area (Å²) >= 11 is 0. The summed E-state index contributed by atoms with van der Waals surface area (Å²) < 4.78 is 7.56. The van der Waals surface area contributed by atoms with Gasteiger partial charge in [-0.25, -0.2) is 0 Å². The highest BCUT2D eigenvalue weighted by atomic mass is 16.5. The normalized spacial score (nSPS) is 25.3. The van der Waals surface area contributed by atoms with Crippen molar-refractivity contribution >= 4 is 11.8 Å². The number of aromatic nitrogens is 2. The molecule has 2 amide bonds. The third-order valence-electron chi connectivity index (χ3n) is 4.94. The minimum absolute atomic E-state index is 0.0114. The predicted molar refractivity (Wildman–Crippen MR) is 84.0 cm³/mol. The summed E-state index contributed by atoms with van der Waals surface area (Å²) in [5.74, 6) is 0.210. The Morgan fingerprint density at radius 1 is 1.43 bits per heavy atom. The summed E-state index contributed by atoms with van der Waals surface area (Å²) in [4.78, 5) is 28.2. The van der Waals surface area contributed by atoms with Crippen molar-refractivity contribution in [3.8, 4) is 0 Å². The molecule has 126 valence electrons. The van der Waals surface area contributed by atoms with Crippen LogP contribution in [0.5, 0.6) is 0 Å². The molecule has 0 aliphatic carbocycles. The molecule has 2 fully saturated rings. The highest BCUT2D eigenvalue weighted by molar-refractivity contribution is 5.95. The lowest BCUT2D eigenvalue weighted by molar-refractivity contribution is -0.133. The van der Waals surface area contributed by atoms with Crippen LogP contribution in [-0.2, 0) is 16.1 Å². The van der Waals surface area contributed by atoms with E-state index >= 15 is 0 Å². The zero-order valence-corrected chi connectivity index (χ0v) is 14.0. The number of fused-ring (bicyclic) bond motifs is 1. The summed E-state index contributed by atoms with van der Waals surface area (Å²) in [7, 11) is 1.80. The van der Waals surface area contributed by atoms with Crippen LogP contribution < -0.4 is 0 Å². The molecule has 3 rings (SSSR count). The third-order valence-corrected chi connectivity index (χ3v) is 4.94. The van der Waals surface area contributed by atoms with E-state index in [0.717, 1.165) is 18.7 Å². The van der Waals surface area contributed by atoms with E-state index in [4.69, 9.17) is 4.74 Å². The van der Waals surface area contributed by atoms with Gasteiger partial charge in [-0.05, 0) is 20.3 Å². The Balaban J connectivity index is 1.73. The molecule has 7 nitrogen and oxygen atoms in total. The Hall–Kier alpha value is -1.89. The van der Waals surface area contributed by atoms with Gasteiger partial charge in [0.1, 0.15) is 6.61 Å². The van der Waals surface area contributed by atoms with Crippen LogP contribution in [0.15, 0.2) is 6.20 Å². The van der Waals surface area contributed by atoms with E-state index < -0.39 is 0 Å². The van der Waals surface area contributed by atoms with Crippen LogP contribution in [0, 0.1) is 12.8 Å². The molecule has 2 aliphatic rings. The van der Waals surface area contributed by atoms with Crippen molar-refractivity contribution in [1.82, 2.24) is 19.6 Å². The maximum Gasteiger partial charge on any atom is 0.257 e. The van der Waals surface area contributed by atoms with Gasteiger partial charge in [0, 0.05) is 44.8 Å². The number of piperidine rings is 1. The standard InChI is InChI=1S/C16H24N4O3/c1-4-20-11(2)13(7-17-20)16(22)19-6-5-14-12(9-19)8-18(3)15(21)10-23-14/h7,12,14H,4-6,8-10H2,1-3H3/t12-,14-/m0/s1. The molecular weight excluding hydrogens is 296 g/mol. The lowest BCUT2D eigenvalue weighted by Gasteiger charge is -2.37. The highest BCUT2D eigenvalue weighted by Gasteiger charge is 2.36. The number of nitrogens with zero attached hydrogens (tertiary/aromatic N) is 4. The van der Waals surface area contributed by atoms with Crippen molar-refractivity contribution < 1.29 is 14.3 Å². The SMILES string of the molecule is CCn1ncc(C(=O)N2CC[C@@H]3OCC(=O)N(C)C[C@H]3C2)c1C. The number of ether oxygens (including phenoxy) is 1. The number of likely N-dealkylation sites (N-methyl/N-ethyl adjacent to an activating group) is 1. The molecule has 0 spiro atoms. The van der Waals surface area contributed by atoms with Crippen molar-refractivity contribution in [2.45, 2.75) is 32.9 Å². The number of likely N-dealkylation sites (tertiary alicyclic amines) is 1.